The van der Waals surface area contributed by atoms with Crippen molar-refractivity contribution in [2.45, 2.75) is 25.8 Å². The molecule has 0 aromatic heterocycles. The SMILES string of the molecule is Cc1ccc(OCCN2CCC2(C)C(=O)Nc2cccc(NS(C)(=O)=O)c2)cc1. The highest BCUT2D eigenvalue weighted by Crippen LogP contribution is 2.31. The molecule has 2 aromatic carbocycles. The zero-order valence-electron chi connectivity index (χ0n) is 16.9. The van der Waals surface area contributed by atoms with E-state index < -0.39 is 15.6 Å². The molecule has 156 valence electrons. The first kappa shape index (κ1) is 21.1. The minimum Gasteiger partial charge on any atom is -0.492 e. The molecule has 8 heteroatoms. The molecule has 1 fully saturated rings. The first-order valence-electron chi connectivity index (χ1n) is 9.49. The van der Waals surface area contributed by atoms with Gasteiger partial charge in [-0.15, -0.1) is 0 Å². The number of benzene rings is 2. The van der Waals surface area contributed by atoms with Gasteiger partial charge in [-0.25, -0.2) is 8.42 Å². The second-order valence-corrected chi connectivity index (χ2v) is 9.33. The standard InChI is InChI=1S/C21H27N3O4S/c1-16-7-9-19(10-8-16)28-14-13-24-12-11-21(24,2)20(25)22-17-5-4-6-18(15-17)23-29(3,26)27/h4-10,15,23H,11-14H2,1-3H3,(H,22,25). The lowest BCUT2D eigenvalue weighted by molar-refractivity contribution is -0.135. The van der Waals surface area contributed by atoms with Crippen molar-refractivity contribution in [1.82, 2.24) is 4.90 Å². The average Bonchev–Trinajstić information content (AvgIpc) is 2.64. The number of hydrogen-bond donors (Lipinski definition) is 2. The number of likely N-dealkylation sites (tertiary alicyclic amines) is 1. The van der Waals surface area contributed by atoms with E-state index in [1.165, 1.54) is 5.56 Å². The van der Waals surface area contributed by atoms with Crippen LogP contribution in [-0.2, 0) is 14.8 Å². The summed E-state index contributed by atoms with van der Waals surface area (Å²) in [6.07, 6.45) is 1.84. The van der Waals surface area contributed by atoms with Crippen molar-refractivity contribution in [3.8, 4) is 5.75 Å². The molecule has 0 radical (unpaired) electrons. The number of amides is 1. The second-order valence-electron chi connectivity index (χ2n) is 7.58. The van der Waals surface area contributed by atoms with Gasteiger partial charge < -0.3 is 10.1 Å². The van der Waals surface area contributed by atoms with Crippen molar-refractivity contribution in [2.24, 2.45) is 0 Å². The smallest absolute Gasteiger partial charge is 0.244 e. The fraction of sp³-hybridized carbons (Fsp3) is 0.381. The molecule has 1 aliphatic rings. The van der Waals surface area contributed by atoms with E-state index in [1.54, 1.807) is 24.3 Å². The molecular weight excluding hydrogens is 390 g/mol. The predicted molar refractivity (Wildman–Crippen MR) is 115 cm³/mol. The normalized spacial score (nSPS) is 19.3. The third kappa shape index (κ3) is 5.48. The molecule has 0 aliphatic carbocycles. The van der Waals surface area contributed by atoms with Gasteiger partial charge in [0.1, 0.15) is 12.4 Å². The summed E-state index contributed by atoms with van der Waals surface area (Å²) in [5.74, 6) is 0.702. The molecule has 0 spiro atoms. The van der Waals surface area contributed by atoms with Crippen LogP contribution in [0.25, 0.3) is 0 Å². The van der Waals surface area contributed by atoms with Crippen molar-refractivity contribution in [2.75, 3.05) is 36.0 Å². The molecule has 1 heterocycles. The summed E-state index contributed by atoms with van der Waals surface area (Å²) in [4.78, 5) is 15.0. The Morgan fingerprint density at radius 3 is 2.48 bits per heavy atom. The van der Waals surface area contributed by atoms with Crippen LogP contribution in [-0.4, -0.2) is 50.7 Å². The summed E-state index contributed by atoms with van der Waals surface area (Å²) in [7, 11) is -3.37. The number of sulfonamides is 1. The Labute approximate surface area is 172 Å². The number of carbonyl (C=O) groups is 1. The summed E-state index contributed by atoms with van der Waals surface area (Å²) < 4.78 is 31.0. The topological polar surface area (TPSA) is 87.7 Å². The summed E-state index contributed by atoms with van der Waals surface area (Å²) in [6, 6.07) is 14.6. The Morgan fingerprint density at radius 1 is 1.17 bits per heavy atom. The predicted octanol–water partition coefficient (Wildman–Crippen LogP) is 2.85. The molecule has 3 rings (SSSR count). The van der Waals surface area contributed by atoms with Gasteiger partial charge in [-0.05, 0) is 50.6 Å². The molecule has 0 saturated carbocycles. The number of carbonyl (C=O) groups excluding carboxylic acids is 1. The molecule has 29 heavy (non-hydrogen) atoms. The van der Waals surface area contributed by atoms with Gasteiger partial charge in [-0.3, -0.25) is 14.4 Å². The Balaban J connectivity index is 1.56. The number of nitrogens with one attached hydrogen (secondary N) is 2. The molecule has 7 nitrogen and oxygen atoms in total. The third-order valence-corrected chi connectivity index (χ3v) is 5.74. The van der Waals surface area contributed by atoms with E-state index in [9.17, 15) is 13.2 Å². The van der Waals surface area contributed by atoms with E-state index >= 15 is 0 Å². The highest BCUT2D eigenvalue weighted by atomic mass is 32.2. The number of ether oxygens (including phenoxy) is 1. The van der Waals surface area contributed by atoms with Gasteiger partial charge in [-0.2, -0.15) is 0 Å². The highest BCUT2D eigenvalue weighted by Gasteiger charge is 2.46. The van der Waals surface area contributed by atoms with Gasteiger partial charge in [-0.1, -0.05) is 23.8 Å². The van der Waals surface area contributed by atoms with Gasteiger partial charge in [0.2, 0.25) is 15.9 Å². The van der Waals surface area contributed by atoms with Gasteiger partial charge in [0.15, 0.2) is 0 Å². The Hall–Kier alpha value is -2.58. The molecule has 2 aromatic rings. The van der Waals surface area contributed by atoms with Crippen LogP contribution in [0.3, 0.4) is 0 Å². The summed E-state index contributed by atoms with van der Waals surface area (Å²) >= 11 is 0. The first-order chi connectivity index (χ1) is 13.7. The largest absolute Gasteiger partial charge is 0.492 e. The number of aryl methyl sites for hydroxylation is 1. The Kier molecular flexibility index (Phi) is 6.14. The molecule has 1 aliphatic heterocycles. The van der Waals surface area contributed by atoms with Gasteiger partial charge in [0.05, 0.1) is 17.5 Å². The van der Waals surface area contributed by atoms with Crippen LogP contribution in [0.5, 0.6) is 5.75 Å². The minimum atomic E-state index is -3.37. The molecular formula is C21H27N3O4S. The van der Waals surface area contributed by atoms with Crippen LogP contribution < -0.4 is 14.8 Å². The van der Waals surface area contributed by atoms with Crippen molar-refractivity contribution in [1.29, 1.82) is 0 Å². The van der Waals surface area contributed by atoms with Crippen LogP contribution in [0.1, 0.15) is 18.9 Å². The van der Waals surface area contributed by atoms with Crippen LogP contribution in [0.15, 0.2) is 48.5 Å². The molecule has 1 saturated heterocycles. The lowest BCUT2D eigenvalue weighted by Crippen LogP contribution is -2.65. The van der Waals surface area contributed by atoms with Crippen molar-refractivity contribution in [3.63, 3.8) is 0 Å². The minimum absolute atomic E-state index is 0.115. The first-order valence-corrected chi connectivity index (χ1v) is 11.4. The maximum atomic E-state index is 12.9. The summed E-state index contributed by atoms with van der Waals surface area (Å²) in [6.45, 7) is 5.92. The van der Waals surface area contributed by atoms with Gasteiger partial charge in [0.25, 0.3) is 0 Å². The Morgan fingerprint density at radius 2 is 1.86 bits per heavy atom. The number of rotatable bonds is 8. The van der Waals surface area contributed by atoms with E-state index in [0.717, 1.165) is 25.0 Å². The second kappa shape index (κ2) is 8.42. The fourth-order valence-electron chi connectivity index (χ4n) is 3.27. The quantitative estimate of drug-likeness (QED) is 0.690. The number of nitrogens with zero attached hydrogens (tertiary/aromatic N) is 1. The third-order valence-electron chi connectivity index (χ3n) is 5.13. The fourth-order valence-corrected chi connectivity index (χ4v) is 3.82. The van der Waals surface area contributed by atoms with E-state index in [0.29, 0.717) is 24.5 Å². The maximum Gasteiger partial charge on any atom is 0.244 e. The molecule has 0 bridgehead atoms. The summed E-state index contributed by atoms with van der Waals surface area (Å²) in [5.41, 5.74) is 1.52. The van der Waals surface area contributed by atoms with Crippen LogP contribution in [0.4, 0.5) is 11.4 Å². The molecule has 2 N–H and O–H groups in total. The van der Waals surface area contributed by atoms with Crippen LogP contribution in [0.2, 0.25) is 0 Å². The zero-order valence-corrected chi connectivity index (χ0v) is 17.8. The number of hydrogen-bond acceptors (Lipinski definition) is 5. The average molecular weight is 418 g/mol. The zero-order chi connectivity index (χ0) is 21.1. The molecule has 1 atom stereocenters. The maximum absolute atomic E-state index is 12.9. The van der Waals surface area contributed by atoms with Crippen LogP contribution in [0, 0.1) is 6.92 Å². The van der Waals surface area contributed by atoms with Gasteiger partial charge in [0, 0.05) is 18.8 Å². The lowest BCUT2D eigenvalue weighted by Gasteiger charge is -2.49. The van der Waals surface area contributed by atoms with Crippen molar-refractivity contribution < 1.29 is 17.9 Å². The van der Waals surface area contributed by atoms with E-state index in [4.69, 9.17) is 4.74 Å². The molecule has 1 unspecified atom stereocenters. The van der Waals surface area contributed by atoms with Gasteiger partial charge >= 0.3 is 0 Å². The van der Waals surface area contributed by atoms with Crippen molar-refractivity contribution in [3.05, 3.63) is 54.1 Å². The lowest BCUT2D eigenvalue weighted by atomic mass is 9.85. The summed E-state index contributed by atoms with van der Waals surface area (Å²) in [5, 5.41) is 2.90. The van der Waals surface area contributed by atoms with Crippen LogP contribution >= 0.6 is 0 Å². The highest BCUT2D eigenvalue weighted by molar-refractivity contribution is 7.92. The molecule has 1 amide bonds. The monoisotopic (exact) mass is 417 g/mol. The van der Waals surface area contributed by atoms with E-state index in [-0.39, 0.29) is 5.91 Å². The van der Waals surface area contributed by atoms with E-state index in [2.05, 4.69) is 14.9 Å². The number of anilines is 2. The van der Waals surface area contributed by atoms with E-state index in [1.807, 2.05) is 38.1 Å². The van der Waals surface area contributed by atoms with Crippen molar-refractivity contribution >= 4 is 27.3 Å². The Bertz CT molecular complexity index is 976.